The molecule has 1 aliphatic heterocycles. The van der Waals surface area contributed by atoms with Gasteiger partial charge in [0, 0.05) is 30.4 Å². The lowest BCUT2D eigenvalue weighted by Gasteiger charge is -2.48. The fourth-order valence-corrected chi connectivity index (χ4v) is 4.68. The Morgan fingerprint density at radius 2 is 1.81 bits per heavy atom. The van der Waals surface area contributed by atoms with E-state index in [1.54, 1.807) is 18.5 Å². The van der Waals surface area contributed by atoms with Gasteiger partial charge >= 0.3 is 6.03 Å². The van der Waals surface area contributed by atoms with Crippen LogP contribution >= 0.6 is 11.3 Å². The van der Waals surface area contributed by atoms with Gasteiger partial charge in [0.1, 0.15) is 22.7 Å². The molecule has 0 spiro atoms. The smallest absolute Gasteiger partial charge is 0.321 e. The molecule has 0 unspecified atom stereocenters. The molecule has 2 N–H and O–H groups in total. The Hall–Kier alpha value is -2.33. The van der Waals surface area contributed by atoms with Crippen molar-refractivity contribution in [3.05, 3.63) is 29.5 Å². The van der Waals surface area contributed by atoms with Crippen molar-refractivity contribution in [1.29, 1.82) is 0 Å². The second-order valence-electron chi connectivity index (χ2n) is 9.00. The number of hydrogen-bond acceptors (Lipinski definition) is 7. The van der Waals surface area contributed by atoms with E-state index in [9.17, 15) is 9.18 Å². The highest BCUT2D eigenvalue weighted by molar-refractivity contribution is 7.14. The first-order chi connectivity index (χ1) is 16.8. The summed E-state index contributed by atoms with van der Waals surface area (Å²) in [6.07, 6.45) is 2.01. The maximum absolute atomic E-state index is 15.0. The van der Waals surface area contributed by atoms with E-state index in [0.717, 1.165) is 15.8 Å². The third-order valence-corrected chi connectivity index (χ3v) is 6.65. The van der Waals surface area contributed by atoms with Crippen molar-refractivity contribution < 1.29 is 9.18 Å². The molecule has 0 aromatic carbocycles. The number of amides is 2. The molecule has 12 radical (unpaired) electrons. The zero-order chi connectivity index (χ0) is 26.3. The van der Waals surface area contributed by atoms with Crippen LogP contribution in [0.25, 0.3) is 21.5 Å². The van der Waals surface area contributed by atoms with Gasteiger partial charge in [-0.15, -0.1) is 20.4 Å². The fraction of sp³-hybridized carbons (Fsp3) is 0.450. The molecule has 1 saturated heterocycles. The maximum Gasteiger partial charge on any atom is 0.323 e. The second-order valence-corrected chi connectivity index (χ2v) is 10.2. The minimum absolute atomic E-state index is 0.201. The summed E-state index contributed by atoms with van der Waals surface area (Å²) in [4.78, 5) is 22.8. The Labute approximate surface area is 220 Å². The van der Waals surface area contributed by atoms with Crippen molar-refractivity contribution in [3.8, 4) is 10.7 Å². The van der Waals surface area contributed by atoms with Gasteiger partial charge in [-0.2, -0.15) is 0 Å². The number of pyridine rings is 2. The van der Waals surface area contributed by atoms with E-state index >= 15 is 0 Å². The number of rotatable bonds is 6. The highest BCUT2D eigenvalue weighted by Crippen LogP contribution is 2.32. The summed E-state index contributed by atoms with van der Waals surface area (Å²) in [6, 6.07) is 1.10. The van der Waals surface area contributed by atoms with Crippen LogP contribution in [0.4, 0.5) is 15.0 Å². The number of likely N-dealkylation sites (tertiary alicyclic amines) is 1. The van der Waals surface area contributed by atoms with Gasteiger partial charge in [-0.1, -0.05) is 11.3 Å². The minimum atomic E-state index is -1.89. The molecule has 8 nitrogen and oxygen atoms in total. The van der Waals surface area contributed by atoms with Gasteiger partial charge < -0.3 is 10.2 Å². The summed E-state index contributed by atoms with van der Waals surface area (Å²) in [5.41, 5.74) is 0.664. The molecule has 1 aliphatic rings. The Morgan fingerprint density at radius 1 is 1.11 bits per heavy atom. The van der Waals surface area contributed by atoms with Crippen LogP contribution in [0.1, 0.15) is 11.4 Å². The number of carbonyl (C=O) groups is 1. The van der Waals surface area contributed by atoms with E-state index in [4.69, 9.17) is 47.1 Å². The Kier molecular flexibility index (Phi) is 7.57. The molecule has 170 valence electrons. The second kappa shape index (κ2) is 10.2. The van der Waals surface area contributed by atoms with Crippen LogP contribution in [-0.2, 0) is 0 Å². The van der Waals surface area contributed by atoms with Crippen LogP contribution in [0.5, 0.6) is 0 Å². The highest BCUT2D eigenvalue weighted by Gasteiger charge is 2.38. The number of alkyl halides is 1. The first-order valence-corrected chi connectivity index (χ1v) is 11.9. The van der Waals surface area contributed by atoms with Crippen LogP contribution in [0.2, 0.25) is 10.2 Å². The van der Waals surface area contributed by atoms with Crippen LogP contribution in [-0.4, -0.2) is 110 Å². The molecular weight excluding hydrogens is 470 g/mol. The van der Waals surface area contributed by atoms with Crippen molar-refractivity contribution in [1.82, 2.24) is 30.4 Å². The predicted molar refractivity (Wildman–Crippen MR) is 144 cm³/mol. The standard InChI is InChI=1S/C20H18B6FN7OS/c1-9-32-33-16(36-9)14-4-10-5-15(29-7-11(10)6-28-14)31-18(35)34-3-2-13(12(27)8-34)30-17(19(21,22)23)20(24,25)26/h4-7,12-13,17,30H,2-3,8H2,1H3,(H,29,31,35)/t12-,13-/m0/s1. The quantitative estimate of drug-likeness (QED) is 0.492. The Bertz CT molecular complexity index is 1240. The van der Waals surface area contributed by atoms with E-state index in [0.29, 0.717) is 16.5 Å². The van der Waals surface area contributed by atoms with Crippen LogP contribution in [0, 0.1) is 6.92 Å². The monoisotopic (exact) mass is 489 g/mol. The number of anilines is 1. The minimum Gasteiger partial charge on any atom is -0.321 e. The van der Waals surface area contributed by atoms with Gasteiger partial charge in [-0.25, -0.2) is 14.2 Å². The lowest BCUT2D eigenvalue weighted by atomic mass is 9.27. The highest BCUT2D eigenvalue weighted by atomic mass is 32.1. The van der Waals surface area contributed by atoms with Crippen molar-refractivity contribution in [2.45, 2.75) is 41.8 Å². The largest absolute Gasteiger partial charge is 0.323 e. The van der Waals surface area contributed by atoms with Gasteiger partial charge in [0.05, 0.1) is 53.6 Å². The molecule has 0 bridgehead atoms. The van der Waals surface area contributed by atoms with Gasteiger partial charge in [-0.3, -0.25) is 10.3 Å². The molecule has 4 rings (SSSR count). The Morgan fingerprint density at radius 3 is 2.42 bits per heavy atom. The zero-order valence-electron chi connectivity index (χ0n) is 19.6. The molecule has 3 aromatic rings. The number of hydrogen-bond donors (Lipinski definition) is 2. The van der Waals surface area contributed by atoms with Crippen molar-refractivity contribution in [2.75, 3.05) is 18.4 Å². The number of urea groups is 1. The number of halogens is 1. The van der Waals surface area contributed by atoms with Crippen molar-refractivity contribution in [2.24, 2.45) is 0 Å². The number of aromatic nitrogens is 4. The molecule has 36 heavy (non-hydrogen) atoms. The van der Waals surface area contributed by atoms with Gasteiger partial charge in [-0.05, 0) is 36.9 Å². The molecule has 1 fully saturated rings. The zero-order valence-corrected chi connectivity index (χ0v) is 20.4. The summed E-state index contributed by atoms with van der Waals surface area (Å²) in [7, 11) is 34.3. The Balaban J connectivity index is 1.41. The predicted octanol–water partition coefficient (Wildman–Crippen LogP) is 0.518. The number of nitrogens with one attached hydrogen (secondary N) is 2. The van der Waals surface area contributed by atoms with Gasteiger partial charge in [0.25, 0.3) is 0 Å². The van der Waals surface area contributed by atoms with E-state index in [2.05, 4.69) is 30.8 Å². The average molecular weight is 488 g/mol. The third kappa shape index (κ3) is 6.14. The topological polar surface area (TPSA) is 95.9 Å². The lowest BCUT2D eigenvalue weighted by molar-refractivity contribution is 0.116. The van der Waals surface area contributed by atoms with E-state index < -0.39 is 34.5 Å². The molecule has 0 saturated carbocycles. The molecule has 0 aliphatic carbocycles. The molecule has 16 heteroatoms. The van der Waals surface area contributed by atoms with Gasteiger partial charge in [0.15, 0.2) is 5.01 Å². The molecule has 3 aromatic heterocycles. The van der Waals surface area contributed by atoms with Gasteiger partial charge in [0.2, 0.25) is 0 Å². The first kappa shape index (κ1) is 26.7. The molecule has 2 atom stereocenters. The van der Waals surface area contributed by atoms with E-state index in [-0.39, 0.29) is 19.5 Å². The number of aryl methyl sites for hydroxylation is 1. The number of carbonyl (C=O) groups excluding carboxylic acids is 1. The molecular formula is C20H18B6FN7OS. The summed E-state index contributed by atoms with van der Waals surface area (Å²) in [5.74, 6) is 0.312. The summed E-state index contributed by atoms with van der Waals surface area (Å²) < 4.78 is 15.0. The first-order valence-electron chi connectivity index (χ1n) is 11.1. The maximum atomic E-state index is 15.0. The van der Waals surface area contributed by atoms with Crippen LogP contribution < -0.4 is 10.6 Å². The van der Waals surface area contributed by atoms with Crippen LogP contribution in [0.3, 0.4) is 0 Å². The van der Waals surface area contributed by atoms with E-state index in [1.165, 1.54) is 16.2 Å². The summed E-state index contributed by atoms with van der Waals surface area (Å²) >= 11 is 1.43. The normalized spacial score (nSPS) is 19.0. The van der Waals surface area contributed by atoms with E-state index in [1.807, 2.05) is 13.0 Å². The number of fused-ring (bicyclic) bond motifs is 1. The summed E-state index contributed by atoms with van der Waals surface area (Å²) in [5, 5.41) is 13.0. The number of nitrogens with zero attached hydrogens (tertiary/aromatic N) is 5. The number of piperidine rings is 1. The van der Waals surface area contributed by atoms with Crippen LogP contribution in [0.15, 0.2) is 24.5 Å². The average Bonchev–Trinajstić information content (AvgIpc) is 3.22. The molecule has 2 amide bonds. The SMILES string of the molecule is [B]C([B])([B])C(N[C@H]1CCN(C(=O)Nc2cc3cc(-c4nnc(C)s4)ncc3cn2)C[C@@H]1F)C([B])([B])[B]. The van der Waals surface area contributed by atoms with Crippen molar-refractivity contribution in [3.63, 3.8) is 0 Å². The summed E-state index contributed by atoms with van der Waals surface area (Å²) in [6.45, 7) is 1.89. The fourth-order valence-electron chi connectivity index (χ4n) is 4.02. The lowest BCUT2D eigenvalue weighted by Crippen LogP contribution is -2.60. The molecule has 4 heterocycles. The van der Waals surface area contributed by atoms with Crippen molar-refractivity contribution >= 4 is 81.0 Å². The third-order valence-electron chi connectivity index (χ3n) is 5.79.